The van der Waals surface area contributed by atoms with Crippen LogP contribution in [0.2, 0.25) is 0 Å². The molecular weight excluding hydrogens is 619 g/mol. The van der Waals surface area contributed by atoms with E-state index in [-0.39, 0.29) is 11.5 Å². The van der Waals surface area contributed by atoms with Gasteiger partial charge in [0.15, 0.2) is 0 Å². The fourth-order valence-electron chi connectivity index (χ4n) is 15.7. The lowest BCUT2D eigenvalue weighted by Gasteiger charge is -2.41. The molecule has 2 heteroatoms. The lowest BCUT2D eigenvalue weighted by Crippen LogP contribution is -2.47. The van der Waals surface area contributed by atoms with Crippen molar-refractivity contribution >= 4 is 120 Å². The van der Waals surface area contributed by atoms with E-state index in [1.54, 1.807) is 141 Å². The third kappa shape index (κ3) is 1.75. The van der Waals surface area contributed by atoms with Crippen LogP contribution in [0.4, 0.5) is 5.69 Å². The van der Waals surface area contributed by atoms with Gasteiger partial charge in [-0.3, -0.25) is 0 Å². The first kappa shape index (κ1) is 23.0. The smallest absolute Gasteiger partial charge is 0.115 e. The number of benzene rings is 8. The minimum Gasteiger partial charge on any atom is -0.508 e. The summed E-state index contributed by atoms with van der Waals surface area (Å²) < 4.78 is 0. The number of phenols is 1. The van der Waals surface area contributed by atoms with E-state index in [2.05, 4.69) is 54.0 Å². The highest BCUT2D eigenvalue weighted by Crippen LogP contribution is 2.68. The standard InChI is InChI=1S/C49H25NO/c1-2-27-49-14-22-12-20-10-17-7-16-8-19-9-18-11-21-13-25(26(49)15-50(27)23-3-5-24(51)6-4-23)35-40-31(21)30(18)37-32(19)36-28(16)29(17)38-33(20)39-34(22)48(49)47(35)46-44(39)42(38)41(36)43(37)45(40)46/h2-6,8-10,12,16,26-27,51H,1,7,11,13-15H2. The molecule has 6 aliphatic carbocycles. The number of anilines is 1. The summed E-state index contributed by atoms with van der Waals surface area (Å²) in [5, 5.41) is 44.1. The van der Waals surface area contributed by atoms with Gasteiger partial charge in [-0.15, -0.1) is 6.58 Å². The molecule has 1 saturated heterocycles. The maximum atomic E-state index is 10.3. The zero-order chi connectivity index (χ0) is 32.0. The Kier molecular flexibility index (Phi) is 2.78. The molecule has 11 aromatic carbocycles. The van der Waals surface area contributed by atoms with Crippen LogP contribution < -0.4 is 20.6 Å². The predicted octanol–water partition coefficient (Wildman–Crippen LogP) is 8.31. The van der Waals surface area contributed by atoms with Crippen molar-refractivity contribution in [2.24, 2.45) is 5.92 Å². The normalized spacial score (nSPS) is 26.1. The zero-order valence-electron chi connectivity index (χ0n) is 27.6. The van der Waals surface area contributed by atoms with Crippen molar-refractivity contribution in [2.45, 2.75) is 43.1 Å². The van der Waals surface area contributed by atoms with Gasteiger partial charge in [-0.1, -0.05) is 41.5 Å². The SMILES string of the molecule is C=CC1N(c2ccc(O)cc2)CC2C3=c4c5c6c7c(cc8cc9c%10c%11c%12c%13c(cc%14c%15c(c4c4c5c5c7c8c%10c5c%12c4c%15%13)=C(C3)C%14)=CC%11C9)CC621. The van der Waals surface area contributed by atoms with Crippen LogP contribution >= 0.6 is 0 Å². The Hall–Kier alpha value is -5.60. The van der Waals surface area contributed by atoms with E-state index >= 15 is 0 Å². The fraction of sp³-hybridized carbons (Fsp3) is 0.184. The molecule has 0 amide bonds. The maximum Gasteiger partial charge on any atom is 0.115 e. The largest absolute Gasteiger partial charge is 0.508 e. The number of phenolic OH excluding ortho intramolecular Hbond substituents is 1. The summed E-state index contributed by atoms with van der Waals surface area (Å²) in [6.45, 7) is 5.63. The lowest BCUT2D eigenvalue weighted by molar-refractivity contribution is 0.377. The number of rotatable bonds is 2. The summed E-state index contributed by atoms with van der Waals surface area (Å²) in [6, 6.07) is 16.1. The summed E-state index contributed by atoms with van der Waals surface area (Å²) in [7, 11) is 0. The van der Waals surface area contributed by atoms with Gasteiger partial charge in [0.1, 0.15) is 5.75 Å². The van der Waals surface area contributed by atoms with Crippen LogP contribution in [0.3, 0.4) is 0 Å². The average molecular weight is 644 g/mol. The van der Waals surface area contributed by atoms with Crippen LogP contribution in [0, 0.1) is 5.92 Å². The molecule has 1 N–H and O–H groups in total. The molecule has 0 radical (unpaired) electrons. The third-order valence-corrected chi connectivity index (χ3v) is 16.6. The zero-order valence-corrected chi connectivity index (χ0v) is 27.6. The van der Waals surface area contributed by atoms with Crippen molar-refractivity contribution < 1.29 is 5.11 Å². The first-order chi connectivity index (χ1) is 25.2. The second-order valence-corrected chi connectivity index (χ2v) is 17.9. The van der Waals surface area contributed by atoms with E-state index in [0.717, 1.165) is 32.2 Å². The minimum absolute atomic E-state index is 0.0723. The molecule has 1 spiro atoms. The van der Waals surface area contributed by atoms with E-state index < -0.39 is 0 Å². The Bertz CT molecular complexity index is 3880. The van der Waals surface area contributed by atoms with Crippen molar-refractivity contribution in [3.63, 3.8) is 0 Å². The Morgan fingerprint density at radius 2 is 1.43 bits per heavy atom. The molecule has 0 aromatic heterocycles. The molecule has 0 bridgehead atoms. The molecule has 51 heavy (non-hydrogen) atoms. The van der Waals surface area contributed by atoms with Crippen LogP contribution in [-0.2, 0) is 24.7 Å². The Balaban J connectivity index is 1.22. The molecular formula is C49H25NO. The molecule has 11 aromatic rings. The Morgan fingerprint density at radius 3 is 2.29 bits per heavy atom. The monoisotopic (exact) mass is 643 g/mol. The third-order valence-electron chi connectivity index (χ3n) is 16.6. The van der Waals surface area contributed by atoms with Crippen molar-refractivity contribution in [1.29, 1.82) is 0 Å². The van der Waals surface area contributed by atoms with Gasteiger partial charge in [-0.25, -0.2) is 0 Å². The summed E-state index contributed by atoms with van der Waals surface area (Å²) in [6.07, 6.45) is 9.41. The van der Waals surface area contributed by atoms with Gasteiger partial charge < -0.3 is 10.0 Å². The van der Waals surface area contributed by atoms with Crippen molar-refractivity contribution in [1.82, 2.24) is 0 Å². The molecule has 18 rings (SSSR count). The van der Waals surface area contributed by atoms with E-state index in [9.17, 15) is 5.11 Å². The van der Waals surface area contributed by atoms with Crippen LogP contribution in [-0.4, -0.2) is 17.7 Å². The van der Waals surface area contributed by atoms with Gasteiger partial charge in [0, 0.05) is 29.5 Å². The average Bonchev–Trinajstić information content (AvgIpc) is 3.98. The van der Waals surface area contributed by atoms with Crippen LogP contribution in [0.25, 0.3) is 114 Å². The fourth-order valence-corrected chi connectivity index (χ4v) is 15.7. The maximum absolute atomic E-state index is 10.3. The van der Waals surface area contributed by atoms with E-state index in [1.807, 2.05) is 12.1 Å². The van der Waals surface area contributed by atoms with Gasteiger partial charge >= 0.3 is 0 Å². The number of aromatic hydroxyl groups is 1. The quantitative estimate of drug-likeness (QED) is 0.151. The highest BCUT2D eigenvalue weighted by molar-refractivity contribution is 6.60. The molecule has 1 fully saturated rings. The summed E-state index contributed by atoms with van der Waals surface area (Å²) in [4.78, 5) is 2.67. The number of hydrogen-bond donors (Lipinski definition) is 1. The summed E-state index contributed by atoms with van der Waals surface area (Å²) in [5.74, 6) is 1.22. The van der Waals surface area contributed by atoms with Crippen LogP contribution in [0.5, 0.6) is 5.75 Å². The molecule has 0 saturated carbocycles. The molecule has 1 heterocycles. The first-order valence-electron chi connectivity index (χ1n) is 19.1. The van der Waals surface area contributed by atoms with Gasteiger partial charge in [-0.2, -0.15) is 0 Å². The molecule has 4 unspecified atom stereocenters. The summed E-state index contributed by atoms with van der Waals surface area (Å²) >= 11 is 0. The second kappa shape index (κ2) is 6.17. The topological polar surface area (TPSA) is 23.5 Å². The highest BCUT2D eigenvalue weighted by Gasteiger charge is 2.61. The van der Waals surface area contributed by atoms with Gasteiger partial charge in [-0.05, 0) is 190 Å². The molecule has 2 nitrogen and oxygen atoms in total. The molecule has 7 aliphatic rings. The first-order valence-corrected chi connectivity index (χ1v) is 19.1. The lowest BCUT2D eigenvalue weighted by atomic mass is 9.61. The number of nitrogens with zero attached hydrogens (tertiary/aromatic N) is 1. The Labute approximate surface area is 288 Å². The highest BCUT2D eigenvalue weighted by atomic mass is 16.3. The van der Waals surface area contributed by atoms with Crippen molar-refractivity contribution in [3.8, 4) is 5.75 Å². The van der Waals surface area contributed by atoms with E-state index in [0.29, 0.717) is 17.6 Å². The van der Waals surface area contributed by atoms with E-state index in [4.69, 9.17) is 0 Å². The minimum atomic E-state index is -0.0723. The van der Waals surface area contributed by atoms with Crippen molar-refractivity contribution in [3.05, 3.63) is 98.6 Å². The van der Waals surface area contributed by atoms with Crippen LogP contribution in [0.15, 0.2) is 55.1 Å². The van der Waals surface area contributed by atoms with Gasteiger partial charge in [0.25, 0.3) is 0 Å². The van der Waals surface area contributed by atoms with Crippen molar-refractivity contribution in [2.75, 3.05) is 11.4 Å². The number of fused-ring (bicyclic) bond motifs is 1. The predicted molar refractivity (Wildman–Crippen MR) is 210 cm³/mol. The molecule has 232 valence electrons. The van der Waals surface area contributed by atoms with Gasteiger partial charge in [0.2, 0.25) is 0 Å². The molecule has 1 aliphatic heterocycles. The molecule has 4 atom stereocenters. The number of hydrogen-bond acceptors (Lipinski definition) is 2. The van der Waals surface area contributed by atoms with Crippen LogP contribution in [0.1, 0.15) is 40.2 Å². The Morgan fingerprint density at radius 1 is 0.686 bits per heavy atom. The van der Waals surface area contributed by atoms with Gasteiger partial charge in [0.05, 0.1) is 6.04 Å². The second-order valence-electron chi connectivity index (χ2n) is 17.9. The summed E-state index contributed by atoms with van der Waals surface area (Å²) in [5.41, 5.74) is 12.6. The van der Waals surface area contributed by atoms with E-state index in [1.165, 1.54) is 16.3 Å².